The second-order valence-electron chi connectivity index (χ2n) is 5.95. The molecule has 0 bridgehead atoms. The molecule has 2 heterocycles. The van der Waals surface area contributed by atoms with E-state index in [-0.39, 0.29) is 11.3 Å². The Kier molecular flexibility index (Phi) is 5.62. The van der Waals surface area contributed by atoms with Gasteiger partial charge in [0.2, 0.25) is 5.78 Å². The number of carbonyl (C=O) groups excluding carboxylic acids is 2. The summed E-state index contributed by atoms with van der Waals surface area (Å²) in [5.41, 5.74) is -0.567. The number of aryl methyl sites for hydroxylation is 1. The largest absolute Gasteiger partial charge is 0.474 e. The van der Waals surface area contributed by atoms with Crippen LogP contribution in [0.5, 0.6) is 0 Å². The summed E-state index contributed by atoms with van der Waals surface area (Å²) in [5.74, 6) is -0.835. The molecule has 1 aromatic heterocycles. The summed E-state index contributed by atoms with van der Waals surface area (Å²) in [7, 11) is 1.24. The minimum absolute atomic E-state index is 0.0540. The average Bonchev–Trinajstić information content (AvgIpc) is 3.06. The summed E-state index contributed by atoms with van der Waals surface area (Å²) in [4.78, 5) is 25.9. The van der Waals surface area contributed by atoms with Crippen molar-refractivity contribution >= 4 is 28.8 Å². The van der Waals surface area contributed by atoms with Gasteiger partial charge in [-0.3, -0.25) is 4.79 Å². The zero-order valence-electron chi connectivity index (χ0n) is 14.3. The highest BCUT2D eigenvalue weighted by Gasteiger charge is 2.47. The molecular formula is C18H22O5S. The van der Waals surface area contributed by atoms with Crippen LogP contribution >= 0.6 is 11.3 Å². The molecule has 0 saturated heterocycles. The van der Waals surface area contributed by atoms with E-state index >= 15 is 0 Å². The molecule has 2 atom stereocenters. The Bertz CT molecular complexity index is 698. The third kappa shape index (κ3) is 3.60. The number of carbonyl (C=O) groups is 2. The normalized spacial score (nSPS) is 22.1. The first-order valence-corrected chi connectivity index (χ1v) is 8.64. The summed E-state index contributed by atoms with van der Waals surface area (Å²) in [6.07, 6.45) is 4.24. The second-order valence-corrected chi connectivity index (χ2v) is 7.07. The van der Waals surface area contributed by atoms with Crippen molar-refractivity contribution in [3.8, 4) is 0 Å². The maximum Gasteiger partial charge on any atom is 0.345 e. The predicted octanol–water partition coefficient (Wildman–Crippen LogP) is 3.02. The van der Waals surface area contributed by atoms with Gasteiger partial charge in [-0.2, -0.15) is 0 Å². The Hall–Kier alpha value is -1.92. The van der Waals surface area contributed by atoms with Crippen molar-refractivity contribution in [1.82, 2.24) is 0 Å². The lowest BCUT2D eigenvalue weighted by Crippen LogP contribution is -2.33. The molecule has 0 aliphatic carbocycles. The highest BCUT2D eigenvalue weighted by Crippen LogP contribution is 2.40. The number of hydrogen-bond acceptors (Lipinski definition) is 6. The molecule has 0 saturated carbocycles. The van der Waals surface area contributed by atoms with Crippen molar-refractivity contribution in [2.75, 3.05) is 7.11 Å². The summed E-state index contributed by atoms with van der Waals surface area (Å²) >= 11 is 1.52. The van der Waals surface area contributed by atoms with E-state index in [2.05, 4.69) is 0 Å². The zero-order valence-corrected chi connectivity index (χ0v) is 15.1. The van der Waals surface area contributed by atoms with Gasteiger partial charge in [0.1, 0.15) is 11.3 Å². The monoisotopic (exact) mass is 350 g/mol. The molecule has 5 nitrogen and oxygen atoms in total. The quantitative estimate of drug-likeness (QED) is 0.485. The molecule has 1 aromatic rings. The zero-order chi connectivity index (χ0) is 17.9. The van der Waals surface area contributed by atoms with E-state index in [1.165, 1.54) is 18.4 Å². The standard InChI is InChI=1S/C18H22O5S/c1-11(19)7-5-6-9-18(3)16(20)14(17(21)22-4)15(23-18)13-8-10-24-12(13)2/h6,8-11,19H,5,7H2,1-4H3/b9-6+/t11-,18-/m1/s1. The van der Waals surface area contributed by atoms with Crippen LogP contribution < -0.4 is 0 Å². The fourth-order valence-corrected chi connectivity index (χ4v) is 3.21. The van der Waals surface area contributed by atoms with Gasteiger partial charge in [0.05, 0.1) is 13.2 Å². The van der Waals surface area contributed by atoms with E-state index in [4.69, 9.17) is 9.47 Å². The Labute approximate surface area is 145 Å². The van der Waals surface area contributed by atoms with Gasteiger partial charge in [-0.25, -0.2) is 4.79 Å². The van der Waals surface area contributed by atoms with E-state index in [0.29, 0.717) is 12.8 Å². The minimum atomic E-state index is -1.24. The maximum absolute atomic E-state index is 12.8. The van der Waals surface area contributed by atoms with Gasteiger partial charge >= 0.3 is 5.97 Å². The van der Waals surface area contributed by atoms with Gasteiger partial charge in [-0.15, -0.1) is 11.3 Å². The maximum atomic E-state index is 12.8. The molecule has 0 spiro atoms. The molecule has 0 amide bonds. The molecule has 130 valence electrons. The van der Waals surface area contributed by atoms with E-state index in [0.717, 1.165) is 10.4 Å². The Morgan fingerprint density at radius 1 is 1.54 bits per heavy atom. The summed E-state index contributed by atoms with van der Waals surface area (Å²) in [5, 5.41) is 11.2. The smallest absolute Gasteiger partial charge is 0.345 e. The molecule has 1 aliphatic rings. The Morgan fingerprint density at radius 3 is 2.79 bits per heavy atom. The highest BCUT2D eigenvalue weighted by molar-refractivity contribution is 7.10. The molecule has 6 heteroatoms. The molecule has 1 N–H and O–H groups in total. The van der Waals surface area contributed by atoms with Crippen molar-refractivity contribution in [3.05, 3.63) is 39.6 Å². The molecule has 0 fully saturated rings. The van der Waals surface area contributed by atoms with Gasteiger partial charge in [-0.05, 0) is 51.1 Å². The van der Waals surface area contributed by atoms with Crippen LogP contribution in [0.25, 0.3) is 5.76 Å². The third-order valence-electron chi connectivity index (χ3n) is 3.90. The minimum Gasteiger partial charge on any atom is -0.474 e. The van der Waals surface area contributed by atoms with Crippen molar-refractivity contribution in [3.63, 3.8) is 0 Å². The number of methoxy groups -OCH3 is 1. The second kappa shape index (κ2) is 7.32. The van der Waals surface area contributed by atoms with Crippen LogP contribution in [-0.2, 0) is 19.1 Å². The van der Waals surface area contributed by atoms with Crippen LogP contribution in [0.1, 0.15) is 37.1 Å². The summed E-state index contributed by atoms with van der Waals surface area (Å²) in [6.45, 7) is 5.25. The van der Waals surface area contributed by atoms with E-state index in [1.54, 1.807) is 26.0 Å². The van der Waals surface area contributed by atoms with Crippen LogP contribution in [0.3, 0.4) is 0 Å². The van der Waals surface area contributed by atoms with Crippen LogP contribution in [0.4, 0.5) is 0 Å². The highest BCUT2D eigenvalue weighted by atomic mass is 32.1. The van der Waals surface area contributed by atoms with Crippen LogP contribution in [-0.4, -0.2) is 35.7 Å². The molecule has 0 radical (unpaired) electrons. The van der Waals surface area contributed by atoms with Gasteiger partial charge in [0.15, 0.2) is 5.60 Å². The number of aliphatic hydroxyl groups is 1. The van der Waals surface area contributed by atoms with Crippen LogP contribution in [0, 0.1) is 6.92 Å². The Balaban J connectivity index is 2.34. The molecular weight excluding hydrogens is 328 g/mol. The first-order chi connectivity index (χ1) is 11.3. The van der Waals surface area contributed by atoms with Crippen molar-refractivity contribution in [1.29, 1.82) is 0 Å². The number of esters is 1. The molecule has 2 rings (SSSR count). The summed E-state index contributed by atoms with van der Waals surface area (Å²) < 4.78 is 10.7. The molecule has 1 aliphatic heterocycles. The van der Waals surface area contributed by atoms with E-state index in [1.807, 2.05) is 18.4 Å². The van der Waals surface area contributed by atoms with Gasteiger partial charge in [-0.1, -0.05) is 6.08 Å². The number of hydrogen-bond donors (Lipinski definition) is 1. The van der Waals surface area contributed by atoms with Crippen LogP contribution in [0.15, 0.2) is 29.2 Å². The lowest BCUT2D eigenvalue weighted by atomic mass is 9.95. The topological polar surface area (TPSA) is 72.8 Å². The van der Waals surface area contributed by atoms with Crippen LogP contribution in [0.2, 0.25) is 0 Å². The van der Waals surface area contributed by atoms with E-state index in [9.17, 15) is 14.7 Å². The lowest BCUT2D eigenvalue weighted by molar-refractivity contribution is -0.138. The average molecular weight is 350 g/mol. The third-order valence-corrected chi connectivity index (χ3v) is 4.74. The fraction of sp³-hybridized carbons (Fsp3) is 0.444. The molecule has 0 unspecified atom stereocenters. The number of ether oxygens (including phenoxy) is 2. The van der Waals surface area contributed by atoms with Crippen molar-refractivity contribution < 1.29 is 24.2 Å². The summed E-state index contributed by atoms with van der Waals surface area (Å²) in [6, 6.07) is 1.83. The fourth-order valence-electron chi connectivity index (χ4n) is 2.51. The van der Waals surface area contributed by atoms with Gasteiger partial charge in [0.25, 0.3) is 0 Å². The molecule has 24 heavy (non-hydrogen) atoms. The number of rotatable bonds is 6. The lowest BCUT2D eigenvalue weighted by Gasteiger charge is -2.19. The number of Topliss-reactive ketones (excluding diaryl/α,β-unsaturated/α-hetero) is 1. The predicted molar refractivity (Wildman–Crippen MR) is 92.5 cm³/mol. The number of aliphatic hydroxyl groups excluding tert-OH is 1. The van der Waals surface area contributed by atoms with E-state index < -0.39 is 23.5 Å². The van der Waals surface area contributed by atoms with Crippen molar-refractivity contribution in [2.45, 2.75) is 45.3 Å². The van der Waals surface area contributed by atoms with Gasteiger partial charge in [0, 0.05) is 10.4 Å². The number of thiophene rings is 1. The number of allylic oxidation sites excluding steroid dienone is 1. The Morgan fingerprint density at radius 2 is 2.25 bits per heavy atom. The van der Waals surface area contributed by atoms with Gasteiger partial charge < -0.3 is 14.6 Å². The first kappa shape index (κ1) is 18.4. The first-order valence-electron chi connectivity index (χ1n) is 7.76. The SMILES string of the molecule is COC(=O)C1=C(c2ccsc2C)O[C@](C)(/C=C/CC[C@@H](C)O)C1=O. The number of ketones is 1. The van der Waals surface area contributed by atoms with Crippen molar-refractivity contribution in [2.24, 2.45) is 0 Å². The molecule has 0 aromatic carbocycles.